The van der Waals surface area contributed by atoms with Crippen molar-refractivity contribution in [2.75, 3.05) is 24.6 Å². The third kappa shape index (κ3) is 15.5. The number of unbranched alkanes of at least 4 members (excludes halogenated alkanes) is 16. The summed E-state index contributed by atoms with van der Waals surface area (Å²) in [6, 6.07) is 0. The molecule has 0 amide bonds. The Labute approximate surface area is 228 Å². The minimum atomic E-state index is -5.62. The van der Waals surface area contributed by atoms with Gasteiger partial charge in [-0.05, 0) is 0 Å². The third-order valence-electron chi connectivity index (χ3n) is 7.90. The molecule has 0 fully saturated rings. The molecular formula is C29H60F3O3PS. The van der Waals surface area contributed by atoms with Crippen molar-refractivity contribution in [1.29, 1.82) is 0 Å². The van der Waals surface area contributed by atoms with Gasteiger partial charge in [0.1, 0.15) is 0 Å². The van der Waals surface area contributed by atoms with Gasteiger partial charge in [0.05, 0.1) is 0 Å². The van der Waals surface area contributed by atoms with Crippen LogP contribution in [0.25, 0.3) is 0 Å². The van der Waals surface area contributed by atoms with Gasteiger partial charge < -0.3 is 0 Å². The maximum absolute atomic E-state index is 13.5. The molecule has 0 aliphatic carbocycles. The summed E-state index contributed by atoms with van der Waals surface area (Å²) in [5, 5.41) is 0. The van der Waals surface area contributed by atoms with Gasteiger partial charge >= 0.3 is 203 Å². The second-order valence-electron chi connectivity index (χ2n) is 11.4. The molecule has 0 atom stereocenters. The van der Waals surface area contributed by atoms with Crippen molar-refractivity contribution in [1.82, 2.24) is 0 Å². The van der Waals surface area contributed by atoms with E-state index >= 15 is 0 Å². The van der Waals surface area contributed by atoms with Crippen LogP contribution in [0.3, 0.4) is 0 Å². The summed E-state index contributed by atoms with van der Waals surface area (Å²) >= 11 is 0. The molecule has 37 heavy (non-hydrogen) atoms. The minimum absolute atomic E-state index is 0.496. The van der Waals surface area contributed by atoms with E-state index in [0.717, 1.165) is 64.2 Å². The molecular weight excluding hydrogens is 516 g/mol. The van der Waals surface area contributed by atoms with Gasteiger partial charge in [-0.1, -0.05) is 26.2 Å². The van der Waals surface area contributed by atoms with Crippen LogP contribution in [0.4, 0.5) is 13.2 Å². The van der Waals surface area contributed by atoms with Gasteiger partial charge in [-0.2, -0.15) is 0 Å². The summed E-state index contributed by atoms with van der Waals surface area (Å²) in [5.41, 5.74) is -5.36. The Bertz CT molecular complexity index is 629. The zero-order valence-electron chi connectivity index (χ0n) is 24.7. The predicted molar refractivity (Wildman–Crippen MR) is 157 cm³/mol. The topological polar surface area (TPSA) is 43.4 Å². The second-order valence-corrected chi connectivity index (χ2v) is 18.9. The molecule has 0 aromatic carbocycles. The normalized spacial score (nSPS) is 14.1. The molecule has 0 unspecified atom stereocenters. The van der Waals surface area contributed by atoms with E-state index in [1.807, 2.05) is 20.8 Å². The summed E-state index contributed by atoms with van der Waals surface area (Å²) in [6.45, 7) is 4.70. The van der Waals surface area contributed by atoms with E-state index in [1.54, 1.807) is 0 Å². The first-order valence-corrected chi connectivity index (χ1v) is 19.9. The zero-order valence-corrected chi connectivity index (χ0v) is 26.4. The fourth-order valence-electron chi connectivity index (χ4n) is 5.52. The van der Waals surface area contributed by atoms with E-state index in [0.29, 0.717) is 24.6 Å². The Balaban J connectivity index is 5.00. The average Bonchev–Trinajstić information content (AvgIpc) is 2.85. The average molecular weight is 577 g/mol. The van der Waals surface area contributed by atoms with Crippen molar-refractivity contribution in [3.8, 4) is 0 Å². The first-order valence-electron chi connectivity index (χ1n) is 15.5. The van der Waals surface area contributed by atoms with E-state index in [1.165, 1.54) is 64.2 Å². The number of hydrogen-bond donors (Lipinski definition) is 0. The molecule has 0 bridgehead atoms. The summed E-state index contributed by atoms with van der Waals surface area (Å²) in [4.78, 5) is 0. The van der Waals surface area contributed by atoms with Gasteiger partial charge in [0.15, 0.2) is 0 Å². The van der Waals surface area contributed by atoms with E-state index in [9.17, 15) is 21.6 Å². The van der Waals surface area contributed by atoms with Crippen LogP contribution in [-0.4, -0.2) is 38.6 Å². The van der Waals surface area contributed by atoms with Crippen molar-refractivity contribution in [2.45, 2.75) is 162 Å². The molecule has 0 heterocycles. The molecule has 0 rings (SSSR count). The van der Waals surface area contributed by atoms with Crippen LogP contribution in [0.5, 0.6) is 0 Å². The van der Waals surface area contributed by atoms with Crippen LogP contribution >= 0.6 is 6.83 Å². The molecule has 0 aromatic rings. The predicted octanol–water partition coefficient (Wildman–Crippen LogP) is 11.2. The van der Waals surface area contributed by atoms with E-state index in [-0.39, 0.29) is 0 Å². The molecule has 8 heteroatoms. The van der Waals surface area contributed by atoms with Crippen LogP contribution in [-0.2, 0) is 14.1 Å². The van der Waals surface area contributed by atoms with Crippen LogP contribution in [0, 0.1) is 0 Å². The van der Waals surface area contributed by atoms with Crippen LogP contribution in [0.1, 0.15) is 156 Å². The van der Waals surface area contributed by atoms with Crippen molar-refractivity contribution in [3.05, 3.63) is 0 Å². The molecule has 3 nitrogen and oxygen atoms in total. The number of halogens is 3. The standard InChI is InChI=1S/C29H60F3O3PS/c1-5-9-13-14-15-16-17-18-19-20-21-22-23-24-28-36(25-10-6-2,26-11-7-3,27-12-8-4)35-37(33,34)29(30,31)32/h5-28H2,1-4H3. The SMILES string of the molecule is CCCCCCCCCCCCCCCCP(CCCC)(CCCC)(CCCC)OS(=O)(=O)C(F)(F)F. The molecule has 0 spiro atoms. The molecule has 226 valence electrons. The zero-order chi connectivity index (χ0) is 28.1. The van der Waals surface area contributed by atoms with Crippen molar-refractivity contribution in [2.24, 2.45) is 0 Å². The molecule has 0 aliphatic heterocycles. The van der Waals surface area contributed by atoms with Crippen LogP contribution in [0.15, 0.2) is 0 Å². The summed E-state index contributed by atoms with van der Waals surface area (Å²) in [5.74, 6) is 0. The van der Waals surface area contributed by atoms with Gasteiger partial charge in [-0.25, -0.2) is 0 Å². The van der Waals surface area contributed by atoms with Crippen molar-refractivity contribution < 1.29 is 25.6 Å². The number of hydrogen-bond acceptors (Lipinski definition) is 3. The molecule has 0 saturated heterocycles. The van der Waals surface area contributed by atoms with E-state index < -0.39 is 22.5 Å². The van der Waals surface area contributed by atoms with Gasteiger partial charge in [0, 0.05) is 0 Å². The van der Waals surface area contributed by atoms with Crippen LogP contribution in [0.2, 0.25) is 0 Å². The van der Waals surface area contributed by atoms with Crippen LogP contribution < -0.4 is 0 Å². The first-order chi connectivity index (χ1) is 17.5. The Morgan fingerprint density at radius 1 is 0.486 bits per heavy atom. The van der Waals surface area contributed by atoms with Gasteiger partial charge in [-0.15, -0.1) is 0 Å². The number of alkyl halides is 3. The maximum atomic E-state index is 13.5. The molecule has 0 saturated carbocycles. The Hall–Kier alpha value is 0.130. The Morgan fingerprint density at radius 2 is 0.757 bits per heavy atom. The molecule has 0 radical (unpaired) electrons. The first kappa shape index (κ1) is 37.1. The molecule has 0 N–H and O–H groups in total. The van der Waals surface area contributed by atoms with Crippen molar-refractivity contribution >= 4 is 16.9 Å². The third-order valence-corrected chi connectivity index (χ3v) is 16.7. The fourth-order valence-corrected chi connectivity index (χ4v) is 15.0. The van der Waals surface area contributed by atoms with Gasteiger partial charge in [-0.3, -0.25) is 0 Å². The van der Waals surface area contributed by atoms with Gasteiger partial charge in [0.2, 0.25) is 0 Å². The quantitative estimate of drug-likeness (QED) is 0.0584. The van der Waals surface area contributed by atoms with E-state index in [2.05, 4.69) is 6.92 Å². The molecule has 0 aliphatic rings. The van der Waals surface area contributed by atoms with E-state index in [4.69, 9.17) is 3.97 Å². The summed E-state index contributed by atoms with van der Waals surface area (Å²) in [7, 11) is -5.62. The Morgan fingerprint density at radius 3 is 1.05 bits per heavy atom. The summed E-state index contributed by atoms with van der Waals surface area (Å²) in [6.07, 6.45) is 23.7. The monoisotopic (exact) mass is 576 g/mol. The molecule has 0 aromatic heterocycles. The van der Waals surface area contributed by atoms with Crippen molar-refractivity contribution in [3.63, 3.8) is 0 Å². The second kappa shape index (κ2) is 20.1. The number of rotatable bonds is 26. The fraction of sp³-hybridized carbons (Fsp3) is 1.00. The summed E-state index contributed by atoms with van der Waals surface area (Å²) < 4.78 is 70.9. The van der Waals surface area contributed by atoms with Gasteiger partial charge in [0.25, 0.3) is 0 Å². The Kier molecular flexibility index (Phi) is 20.1.